The van der Waals surface area contributed by atoms with E-state index in [1.807, 2.05) is 0 Å². The van der Waals surface area contributed by atoms with Crippen molar-refractivity contribution in [2.24, 2.45) is 5.92 Å². The zero-order valence-electron chi connectivity index (χ0n) is 11.6. The van der Waals surface area contributed by atoms with E-state index in [9.17, 15) is 9.18 Å². The Labute approximate surface area is 114 Å². The highest BCUT2D eigenvalue weighted by Gasteiger charge is 2.21. The summed E-state index contributed by atoms with van der Waals surface area (Å²) in [5.41, 5.74) is 0.507. The fourth-order valence-corrected chi connectivity index (χ4v) is 2.51. The Balaban J connectivity index is 1.83. The van der Waals surface area contributed by atoms with Crippen LogP contribution in [-0.2, 0) is 11.2 Å². The van der Waals surface area contributed by atoms with E-state index in [2.05, 4.69) is 11.8 Å². The molecule has 0 saturated heterocycles. The van der Waals surface area contributed by atoms with Gasteiger partial charge in [-0.25, -0.2) is 4.39 Å². The molecule has 1 fully saturated rings. The van der Waals surface area contributed by atoms with Gasteiger partial charge in [-0.15, -0.1) is 0 Å². The van der Waals surface area contributed by atoms with Crippen molar-refractivity contribution in [3.8, 4) is 0 Å². The van der Waals surface area contributed by atoms with Crippen LogP contribution in [0.3, 0.4) is 0 Å². The molecule has 0 aromatic heterocycles. The molecule has 1 aromatic carbocycles. The summed E-state index contributed by atoms with van der Waals surface area (Å²) in [6, 6.07) is 6.53. The van der Waals surface area contributed by atoms with Gasteiger partial charge >= 0.3 is 0 Å². The molecule has 0 bridgehead atoms. The number of hydrogen-bond acceptors (Lipinski definition) is 2. The maximum Gasteiger partial charge on any atom is 0.151 e. The van der Waals surface area contributed by atoms with Crippen LogP contribution in [-0.4, -0.2) is 30.3 Å². The van der Waals surface area contributed by atoms with Gasteiger partial charge in [-0.1, -0.05) is 31.5 Å². The highest BCUT2D eigenvalue weighted by atomic mass is 19.1. The van der Waals surface area contributed by atoms with E-state index in [0.29, 0.717) is 12.1 Å². The van der Waals surface area contributed by atoms with Crippen LogP contribution in [0.2, 0.25) is 0 Å². The maximum atomic E-state index is 13.5. The van der Waals surface area contributed by atoms with Crippen LogP contribution in [0.4, 0.5) is 4.39 Å². The summed E-state index contributed by atoms with van der Waals surface area (Å²) in [4.78, 5) is 14.2. The lowest BCUT2D eigenvalue weighted by Gasteiger charge is -2.31. The molecule has 0 heterocycles. The molecule has 0 unspecified atom stereocenters. The second-order valence-corrected chi connectivity index (χ2v) is 5.43. The van der Waals surface area contributed by atoms with Crippen molar-refractivity contribution in [3.63, 3.8) is 0 Å². The van der Waals surface area contributed by atoms with Crippen LogP contribution >= 0.6 is 0 Å². The Bertz CT molecular complexity index is 429. The van der Waals surface area contributed by atoms with E-state index in [-0.39, 0.29) is 18.0 Å². The second-order valence-electron chi connectivity index (χ2n) is 5.43. The first kappa shape index (κ1) is 14.2. The molecular formula is C16H22FNO. The van der Waals surface area contributed by atoms with Gasteiger partial charge in [0.05, 0.1) is 6.54 Å². The Hall–Kier alpha value is -1.22. The Kier molecular flexibility index (Phi) is 5.08. The van der Waals surface area contributed by atoms with Gasteiger partial charge in [0.25, 0.3) is 0 Å². The third-order valence-corrected chi connectivity index (χ3v) is 3.93. The summed E-state index contributed by atoms with van der Waals surface area (Å²) in [6.45, 7) is 4.43. The molecule has 2 nitrogen and oxygen atoms in total. The number of nitrogens with zero attached hydrogens (tertiary/aromatic N) is 1. The highest BCUT2D eigenvalue weighted by Crippen LogP contribution is 2.26. The van der Waals surface area contributed by atoms with E-state index in [1.54, 1.807) is 18.2 Å². The van der Waals surface area contributed by atoms with E-state index >= 15 is 0 Å². The summed E-state index contributed by atoms with van der Waals surface area (Å²) in [5, 5.41) is 0. The van der Waals surface area contributed by atoms with E-state index in [1.165, 1.54) is 25.3 Å². The quantitative estimate of drug-likeness (QED) is 0.753. The van der Waals surface area contributed by atoms with Gasteiger partial charge in [-0.3, -0.25) is 9.69 Å². The number of rotatable bonds is 7. The molecule has 0 radical (unpaired) electrons. The fourth-order valence-electron chi connectivity index (χ4n) is 2.51. The standard InChI is InChI=1S/C16H22FNO/c1-2-18(11-13-6-5-7-13)12-15(19)10-14-8-3-4-9-16(14)17/h3-4,8-9,13H,2,5-7,10-12H2,1H3. The van der Waals surface area contributed by atoms with Crippen molar-refractivity contribution in [3.05, 3.63) is 35.6 Å². The van der Waals surface area contributed by atoms with Crippen molar-refractivity contribution < 1.29 is 9.18 Å². The molecular weight excluding hydrogens is 241 g/mol. The summed E-state index contributed by atoms with van der Waals surface area (Å²) in [5.74, 6) is 0.588. The number of carbonyl (C=O) groups excluding carboxylic acids is 1. The van der Waals surface area contributed by atoms with Crippen LogP contribution in [0.25, 0.3) is 0 Å². The van der Waals surface area contributed by atoms with Gasteiger partial charge < -0.3 is 0 Å². The molecule has 1 saturated carbocycles. The number of halogens is 1. The molecule has 1 aliphatic rings. The summed E-state index contributed by atoms with van der Waals surface area (Å²) < 4.78 is 13.5. The smallest absolute Gasteiger partial charge is 0.151 e. The molecule has 3 heteroatoms. The third kappa shape index (κ3) is 4.13. The van der Waals surface area contributed by atoms with Gasteiger partial charge in [0.2, 0.25) is 0 Å². The molecule has 2 rings (SSSR count). The Morgan fingerprint density at radius 2 is 2.11 bits per heavy atom. The van der Waals surface area contributed by atoms with E-state index in [4.69, 9.17) is 0 Å². The zero-order valence-corrected chi connectivity index (χ0v) is 11.6. The summed E-state index contributed by atoms with van der Waals surface area (Å²) >= 11 is 0. The number of benzene rings is 1. The molecule has 0 atom stereocenters. The summed E-state index contributed by atoms with van der Waals surface area (Å²) in [6.07, 6.45) is 4.11. The van der Waals surface area contributed by atoms with E-state index in [0.717, 1.165) is 19.0 Å². The van der Waals surface area contributed by atoms with Crippen molar-refractivity contribution >= 4 is 5.78 Å². The minimum atomic E-state index is -0.280. The molecule has 0 N–H and O–H groups in total. The van der Waals surface area contributed by atoms with Crippen molar-refractivity contribution in [1.29, 1.82) is 0 Å². The first-order valence-electron chi connectivity index (χ1n) is 7.16. The van der Waals surface area contributed by atoms with Gasteiger partial charge in [0, 0.05) is 13.0 Å². The molecule has 19 heavy (non-hydrogen) atoms. The molecule has 1 aliphatic carbocycles. The molecule has 1 aromatic rings. The van der Waals surface area contributed by atoms with Crippen molar-refractivity contribution in [1.82, 2.24) is 4.90 Å². The molecule has 104 valence electrons. The third-order valence-electron chi connectivity index (χ3n) is 3.93. The maximum absolute atomic E-state index is 13.5. The number of hydrogen-bond donors (Lipinski definition) is 0. The number of likely N-dealkylation sites (N-methyl/N-ethyl adjacent to an activating group) is 1. The van der Waals surface area contributed by atoms with Crippen LogP contribution in [0.1, 0.15) is 31.7 Å². The highest BCUT2D eigenvalue weighted by molar-refractivity contribution is 5.82. The first-order chi connectivity index (χ1) is 9.19. The van der Waals surface area contributed by atoms with Crippen LogP contribution < -0.4 is 0 Å². The number of ketones is 1. The van der Waals surface area contributed by atoms with Gasteiger partial charge in [0.15, 0.2) is 5.78 Å². The largest absolute Gasteiger partial charge is 0.298 e. The average molecular weight is 263 g/mol. The Morgan fingerprint density at radius 3 is 2.68 bits per heavy atom. The monoisotopic (exact) mass is 263 g/mol. The van der Waals surface area contributed by atoms with Crippen molar-refractivity contribution in [2.45, 2.75) is 32.6 Å². The molecule has 0 aliphatic heterocycles. The zero-order chi connectivity index (χ0) is 13.7. The fraction of sp³-hybridized carbons (Fsp3) is 0.562. The van der Waals surface area contributed by atoms with Crippen LogP contribution in [0, 0.1) is 11.7 Å². The number of Topliss-reactive ketones (excluding diaryl/α,β-unsaturated/α-hetero) is 1. The lowest BCUT2D eigenvalue weighted by Crippen LogP contribution is -2.36. The lowest BCUT2D eigenvalue weighted by atomic mass is 9.85. The minimum absolute atomic E-state index is 0.103. The first-order valence-corrected chi connectivity index (χ1v) is 7.16. The normalized spacial score (nSPS) is 15.5. The van der Waals surface area contributed by atoms with Crippen LogP contribution in [0.5, 0.6) is 0 Å². The Morgan fingerprint density at radius 1 is 1.37 bits per heavy atom. The SMILES string of the molecule is CCN(CC(=O)Cc1ccccc1F)CC1CCC1. The van der Waals surface area contributed by atoms with Gasteiger partial charge in [-0.05, 0) is 36.9 Å². The predicted molar refractivity (Wildman–Crippen MR) is 74.6 cm³/mol. The van der Waals surface area contributed by atoms with Gasteiger partial charge in [0.1, 0.15) is 5.82 Å². The molecule has 0 spiro atoms. The van der Waals surface area contributed by atoms with Crippen LogP contribution in [0.15, 0.2) is 24.3 Å². The minimum Gasteiger partial charge on any atom is -0.298 e. The predicted octanol–water partition coefficient (Wildman–Crippen LogP) is 3.06. The second kappa shape index (κ2) is 6.80. The van der Waals surface area contributed by atoms with Crippen molar-refractivity contribution in [2.75, 3.05) is 19.6 Å². The summed E-state index contributed by atoms with van der Waals surface area (Å²) in [7, 11) is 0. The van der Waals surface area contributed by atoms with Gasteiger partial charge in [-0.2, -0.15) is 0 Å². The lowest BCUT2D eigenvalue weighted by molar-refractivity contribution is -0.119. The molecule has 0 amide bonds. The average Bonchev–Trinajstić information content (AvgIpc) is 2.35. The van der Waals surface area contributed by atoms with E-state index < -0.39 is 0 Å². The number of carbonyl (C=O) groups is 1. The topological polar surface area (TPSA) is 20.3 Å².